The van der Waals surface area contributed by atoms with Crippen LogP contribution in [0.3, 0.4) is 0 Å². The molecule has 3 nitrogen and oxygen atoms in total. The number of rotatable bonds is 10. The molecule has 0 saturated heterocycles. The Morgan fingerprint density at radius 2 is 1.07 bits per heavy atom. The number of halogens is 13. The summed E-state index contributed by atoms with van der Waals surface area (Å²) in [5.74, 6) is -42.0. The van der Waals surface area contributed by atoms with Gasteiger partial charge >= 0.3 is 41.8 Å². The molecule has 0 aliphatic heterocycles. The normalized spacial score (nSPS) is 15.0. The molecular weight excluding hydrogens is 449 g/mol. The van der Waals surface area contributed by atoms with Crippen LogP contribution in [0.15, 0.2) is 0 Å². The number of esters is 1. The Bertz CT molecular complexity index is 570. The molecule has 0 aromatic carbocycles. The molecule has 174 valence electrons. The Labute approximate surface area is 154 Å². The second-order valence-electron chi connectivity index (χ2n) is 5.53. The fourth-order valence-electron chi connectivity index (χ4n) is 1.80. The number of carbonyl (C=O) groups is 1. The molecule has 0 heterocycles. The largest absolute Gasteiger partial charge is 0.460 e. The first kappa shape index (κ1) is 27.5. The second kappa shape index (κ2) is 8.34. The van der Waals surface area contributed by atoms with Crippen molar-refractivity contribution in [3.8, 4) is 0 Å². The zero-order valence-corrected chi connectivity index (χ0v) is 14.5. The van der Waals surface area contributed by atoms with Gasteiger partial charge in [0, 0.05) is 6.54 Å². The third kappa shape index (κ3) is 4.50. The van der Waals surface area contributed by atoms with Crippen LogP contribution < -0.4 is 0 Å². The van der Waals surface area contributed by atoms with Crippen LogP contribution in [0.4, 0.5) is 57.1 Å². The molecule has 0 aromatic heterocycles. The van der Waals surface area contributed by atoms with Gasteiger partial charge in [0.2, 0.25) is 0 Å². The Morgan fingerprint density at radius 1 is 0.690 bits per heavy atom. The summed E-state index contributed by atoms with van der Waals surface area (Å²) in [6.07, 6.45) is -7.50. The number of likely N-dealkylation sites (N-methyl/N-ethyl adjacent to an activating group) is 1. The third-order valence-corrected chi connectivity index (χ3v) is 3.72. The lowest BCUT2D eigenvalue weighted by molar-refractivity contribution is -0.437. The Kier molecular flexibility index (Phi) is 7.91. The van der Waals surface area contributed by atoms with Crippen molar-refractivity contribution in [3.05, 3.63) is 0 Å². The minimum atomic E-state index is -8.05. The summed E-state index contributed by atoms with van der Waals surface area (Å²) in [6.45, 7) is 2.01. The minimum Gasteiger partial charge on any atom is -0.460 e. The average Bonchev–Trinajstić information content (AvgIpc) is 2.56. The van der Waals surface area contributed by atoms with Crippen molar-refractivity contribution in [2.75, 3.05) is 26.2 Å². The topological polar surface area (TPSA) is 29.5 Å². The summed E-state index contributed by atoms with van der Waals surface area (Å²) in [7, 11) is 0. The van der Waals surface area contributed by atoms with Gasteiger partial charge in [-0.15, -0.1) is 0 Å². The second-order valence-corrected chi connectivity index (χ2v) is 5.53. The summed E-state index contributed by atoms with van der Waals surface area (Å²) in [6, 6.07) is 0. The van der Waals surface area contributed by atoms with Gasteiger partial charge in [0.15, 0.2) is 0 Å². The van der Waals surface area contributed by atoms with E-state index >= 15 is 0 Å². The molecule has 0 aliphatic rings. The average molecular weight is 463 g/mol. The lowest BCUT2D eigenvalue weighted by atomic mass is 9.94. The molecule has 0 aliphatic carbocycles. The van der Waals surface area contributed by atoms with E-state index in [4.69, 9.17) is 0 Å². The maximum atomic E-state index is 13.4. The van der Waals surface area contributed by atoms with Crippen LogP contribution in [-0.2, 0) is 9.53 Å². The zero-order valence-electron chi connectivity index (χ0n) is 14.5. The molecule has 0 atom stereocenters. The van der Waals surface area contributed by atoms with Gasteiger partial charge in [-0.25, -0.2) is 4.79 Å². The van der Waals surface area contributed by atoms with E-state index in [-0.39, 0.29) is 19.6 Å². The van der Waals surface area contributed by atoms with Gasteiger partial charge in [-0.1, -0.05) is 13.8 Å². The Hall–Kier alpha value is -1.48. The first-order valence-electron chi connectivity index (χ1n) is 7.52. The third-order valence-electron chi connectivity index (χ3n) is 3.72. The van der Waals surface area contributed by atoms with Gasteiger partial charge < -0.3 is 9.64 Å². The van der Waals surface area contributed by atoms with Crippen molar-refractivity contribution in [2.24, 2.45) is 0 Å². The van der Waals surface area contributed by atoms with Crippen molar-refractivity contribution < 1.29 is 66.6 Å². The molecule has 0 spiro atoms. The highest BCUT2D eigenvalue weighted by atomic mass is 19.4. The van der Waals surface area contributed by atoms with Crippen molar-refractivity contribution >= 4 is 5.97 Å². The highest BCUT2D eigenvalue weighted by Crippen LogP contribution is 2.60. The maximum Gasteiger partial charge on any atom is 0.460 e. The zero-order chi connectivity index (χ0) is 23.7. The van der Waals surface area contributed by atoms with E-state index in [0.717, 1.165) is 0 Å². The first-order valence-corrected chi connectivity index (χ1v) is 7.52. The molecule has 0 unspecified atom stereocenters. The van der Waals surface area contributed by atoms with Gasteiger partial charge in [0.05, 0.1) is 0 Å². The smallest absolute Gasteiger partial charge is 0.460 e. The van der Waals surface area contributed by atoms with Crippen molar-refractivity contribution in [1.29, 1.82) is 0 Å². The van der Waals surface area contributed by atoms with Gasteiger partial charge in [0.25, 0.3) is 0 Å². The number of ether oxygens (including phenoxy) is 1. The van der Waals surface area contributed by atoms with Gasteiger partial charge in [-0.2, -0.15) is 57.1 Å². The van der Waals surface area contributed by atoms with E-state index in [1.54, 1.807) is 0 Å². The summed E-state index contributed by atoms with van der Waals surface area (Å²) in [4.78, 5) is 12.4. The Balaban J connectivity index is 5.83. The van der Waals surface area contributed by atoms with E-state index in [1.807, 2.05) is 0 Å². The van der Waals surface area contributed by atoms with Crippen molar-refractivity contribution in [2.45, 2.75) is 49.6 Å². The molecular formula is C13H14F13NO2. The van der Waals surface area contributed by atoms with E-state index in [0.29, 0.717) is 0 Å². The molecule has 0 radical (unpaired) electrons. The summed E-state index contributed by atoms with van der Waals surface area (Å²) in [5.41, 5.74) is 0. The number of hydrogen-bond acceptors (Lipinski definition) is 3. The molecule has 0 rings (SSSR count). The molecule has 29 heavy (non-hydrogen) atoms. The van der Waals surface area contributed by atoms with Crippen LogP contribution in [0.5, 0.6) is 0 Å². The highest BCUT2D eigenvalue weighted by Gasteiger charge is 2.92. The predicted molar refractivity (Wildman–Crippen MR) is 69.5 cm³/mol. The molecule has 0 bridgehead atoms. The van der Waals surface area contributed by atoms with E-state index in [9.17, 15) is 61.9 Å². The van der Waals surface area contributed by atoms with Crippen LogP contribution in [-0.4, -0.2) is 72.9 Å². The molecule has 0 fully saturated rings. The molecule has 0 aromatic rings. The standard InChI is InChI=1S/C13H14F13NO2/c1-3-27(4-2)5-6-29-7(28)8(14,15)9(16,17)10(18,19)11(20,21)12(22,23)13(24,25)26/h3-6H2,1-2H3. The lowest BCUT2D eigenvalue weighted by Gasteiger charge is -2.38. The van der Waals surface area contributed by atoms with Crippen LogP contribution >= 0.6 is 0 Å². The number of hydrogen-bond donors (Lipinski definition) is 0. The number of alkyl halides is 13. The molecule has 0 amide bonds. The minimum absolute atomic E-state index is 0.234. The van der Waals surface area contributed by atoms with E-state index in [1.165, 1.54) is 18.7 Å². The highest BCUT2D eigenvalue weighted by molar-refractivity contribution is 5.79. The van der Waals surface area contributed by atoms with E-state index < -0.39 is 48.4 Å². The van der Waals surface area contributed by atoms with Gasteiger partial charge in [-0.3, -0.25) is 0 Å². The summed E-state index contributed by atoms with van der Waals surface area (Å²) >= 11 is 0. The van der Waals surface area contributed by atoms with Crippen LogP contribution in [0.2, 0.25) is 0 Å². The Morgan fingerprint density at radius 3 is 1.41 bits per heavy atom. The fraction of sp³-hybridized carbons (Fsp3) is 0.923. The molecule has 16 heteroatoms. The van der Waals surface area contributed by atoms with E-state index in [2.05, 4.69) is 4.74 Å². The lowest BCUT2D eigenvalue weighted by Crippen LogP contribution is -2.71. The van der Waals surface area contributed by atoms with Crippen molar-refractivity contribution in [1.82, 2.24) is 4.90 Å². The fourth-order valence-corrected chi connectivity index (χ4v) is 1.80. The predicted octanol–water partition coefficient (Wildman–Crippen LogP) is 4.61. The summed E-state index contributed by atoms with van der Waals surface area (Å²) < 4.78 is 171. The van der Waals surface area contributed by atoms with Crippen LogP contribution in [0, 0.1) is 0 Å². The quantitative estimate of drug-likeness (QED) is 0.350. The number of nitrogens with zero attached hydrogens (tertiary/aromatic N) is 1. The summed E-state index contributed by atoms with van der Waals surface area (Å²) in [5, 5.41) is 0. The van der Waals surface area contributed by atoms with Crippen molar-refractivity contribution in [3.63, 3.8) is 0 Å². The molecule has 0 saturated carbocycles. The monoisotopic (exact) mass is 463 g/mol. The van der Waals surface area contributed by atoms with Crippen LogP contribution in [0.25, 0.3) is 0 Å². The number of carbonyl (C=O) groups excluding carboxylic acids is 1. The SMILES string of the molecule is CCN(CC)CCOC(=O)C(F)(F)C(F)(F)C(F)(F)C(F)(F)C(F)(F)C(F)(F)F. The van der Waals surface area contributed by atoms with Gasteiger partial charge in [-0.05, 0) is 13.1 Å². The first-order chi connectivity index (χ1) is 12.7. The van der Waals surface area contributed by atoms with Crippen LogP contribution in [0.1, 0.15) is 13.8 Å². The molecule has 0 N–H and O–H groups in total. The maximum absolute atomic E-state index is 13.4. The van der Waals surface area contributed by atoms with Gasteiger partial charge in [0.1, 0.15) is 6.61 Å².